The molecule has 2 N–H and O–H groups in total. The van der Waals surface area contributed by atoms with Crippen LogP contribution in [0.25, 0.3) is 0 Å². The lowest BCUT2D eigenvalue weighted by molar-refractivity contribution is -0.136. The van der Waals surface area contributed by atoms with E-state index in [4.69, 9.17) is 10.5 Å². The first-order valence-electron chi connectivity index (χ1n) is 5.33. The van der Waals surface area contributed by atoms with Crippen molar-refractivity contribution in [3.63, 3.8) is 0 Å². The fourth-order valence-electron chi connectivity index (χ4n) is 1.04. The molecule has 0 bridgehead atoms. The van der Waals surface area contributed by atoms with Crippen molar-refractivity contribution >= 4 is 5.97 Å². The van der Waals surface area contributed by atoms with E-state index in [1.54, 1.807) is 6.92 Å². The molecular weight excluding hydrogens is 226 g/mol. The normalized spacial score (nSPS) is 9.50. The zero-order chi connectivity index (χ0) is 13.2. The van der Waals surface area contributed by atoms with Crippen LogP contribution in [0.3, 0.4) is 0 Å². The quantitative estimate of drug-likeness (QED) is 0.483. The van der Waals surface area contributed by atoms with Crippen LogP contribution < -0.4 is 5.73 Å². The summed E-state index contributed by atoms with van der Waals surface area (Å²) >= 11 is 0. The Kier molecular flexibility index (Phi) is 5.66. The van der Waals surface area contributed by atoms with Gasteiger partial charge in [-0.2, -0.15) is 0 Å². The summed E-state index contributed by atoms with van der Waals surface area (Å²) < 4.78 is 4.77. The molecule has 18 heavy (non-hydrogen) atoms. The van der Waals surface area contributed by atoms with Crippen LogP contribution in [0, 0.1) is 23.7 Å². The summed E-state index contributed by atoms with van der Waals surface area (Å²) in [5.74, 6) is 10.3. The maximum Gasteiger partial charge on any atom is 0.333 e. The van der Waals surface area contributed by atoms with Gasteiger partial charge in [-0.15, -0.1) is 0 Å². The highest BCUT2D eigenvalue weighted by atomic mass is 16.5. The van der Waals surface area contributed by atoms with Crippen LogP contribution in [0.2, 0.25) is 0 Å². The smallest absolute Gasteiger partial charge is 0.333 e. The zero-order valence-electron chi connectivity index (χ0n) is 10.1. The van der Waals surface area contributed by atoms with Gasteiger partial charge >= 0.3 is 5.97 Å². The van der Waals surface area contributed by atoms with Gasteiger partial charge in [0.1, 0.15) is 0 Å². The van der Waals surface area contributed by atoms with Crippen molar-refractivity contribution < 1.29 is 9.53 Å². The molecule has 0 saturated carbocycles. The number of hydrogen-bond donors (Lipinski definition) is 1. The van der Waals surface area contributed by atoms with Gasteiger partial charge in [-0.3, -0.25) is 0 Å². The Balaban J connectivity index is 2.38. The Morgan fingerprint density at radius 2 is 2.06 bits per heavy atom. The molecule has 0 fully saturated rings. The summed E-state index contributed by atoms with van der Waals surface area (Å²) in [6, 6.07) is 9.51. The third kappa shape index (κ3) is 6.05. The van der Waals surface area contributed by atoms with Crippen molar-refractivity contribution in [1.82, 2.24) is 0 Å². The number of rotatable bonds is 2. The molecule has 0 atom stereocenters. The maximum atomic E-state index is 11.0. The van der Waals surface area contributed by atoms with Crippen molar-refractivity contribution in [2.24, 2.45) is 5.73 Å². The molecule has 0 aliphatic rings. The van der Waals surface area contributed by atoms with E-state index >= 15 is 0 Å². The third-order valence-corrected chi connectivity index (χ3v) is 1.76. The minimum Gasteiger partial charge on any atom is -0.449 e. The molecule has 0 heterocycles. The second-order valence-corrected chi connectivity index (χ2v) is 3.41. The van der Waals surface area contributed by atoms with Crippen molar-refractivity contribution in [2.45, 2.75) is 6.92 Å². The van der Waals surface area contributed by atoms with E-state index in [1.165, 1.54) is 6.08 Å². The fraction of sp³-hybridized carbons (Fsp3) is 0.133. The summed E-state index contributed by atoms with van der Waals surface area (Å²) in [6.45, 7) is 1.62. The second-order valence-electron chi connectivity index (χ2n) is 3.41. The second kappa shape index (κ2) is 7.60. The highest BCUT2D eigenvalue weighted by Gasteiger charge is 1.94. The van der Waals surface area contributed by atoms with Crippen LogP contribution in [-0.4, -0.2) is 12.6 Å². The monoisotopic (exact) mass is 239 g/mol. The van der Waals surface area contributed by atoms with Gasteiger partial charge in [-0.1, -0.05) is 24.1 Å². The van der Waals surface area contributed by atoms with Crippen molar-refractivity contribution in [2.75, 3.05) is 6.61 Å². The number of nitrogens with two attached hydrogens (primary N) is 1. The van der Waals surface area contributed by atoms with Crippen LogP contribution >= 0.6 is 0 Å². The molecule has 0 aromatic heterocycles. The zero-order valence-corrected chi connectivity index (χ0v) is 10.1. The Hall–Kier alpha value is -2.65. The lowest BCUT2D eigenvalue weighted by Crippen LogP contribution is -2.04. The first kappa shape index (κ1) is 13.4. The molecule has 1 aromatic rings. The number of esters is 1. The molecular formula is C15H13NO2. The molecule has 0 unspecified atom stereocenters. The van der Waals surface area contributed by atoms with Crippen LogP contribution in [0.1, 0.15) is 12.5 Å². The van der Waals surface area contributed by atoms with E-state index in [0.717, 1.165) is 5.56 Å². The van der Waals surface area contributed by atoms with Gasteiger partial charge in [0.25, 0.3) is 0 Å². The predicted molar refractivity (Wildman–Crippen MR) is 70.0 cm³/mol. The molecule has 3 nitrogen and oxygen atoms in total. The number of allylic oxidation sites excluding steroid dienone is 1. The van der Waals surface area contributed by atoms with E-state index in [1.807, 2.05) is 30.3 Å². The van der Waals surface area contributed by atoms with Crippen LogP contribution in [0.4, 0.5) is 0 Å². The van der Waals surface area contributed by atoms with Gasteiger partial charge in [-0.05, 0) is 36.8 Å². The fourth-order valence-corrected chi connectivity index (χ4v) is 1.04. The molecule has 0 aliphatic heterocycles. The summed E-state index contributed by atoms with van der Waals surface area (Å²) in [6.07, 6.45) is 1.21. The SMILES string of the molecule is C/C(N)=C/C(=O)OCC#CC#Cc1ccccc1. The number of carbonyl (C=O) groups is 1. The predicted octanol–water partition coefficient (Wildman–Crippen LogP) is 1.45. The van der Waals surface area contributed by atoms with E-state index in [9.17, 15) is 4.79 Å². The summed E-state index contributed by atoms with van der Waals surface area (Å²) in [7, 11) is 0. The maximum absolute atomic E-state index is 11.0. The average molecular weight is 239 g/mol. The Bertz CT molecular complexity index is 547. The minimum absolute atomic E-state index is 0.00603. The number of ether oxygens (including phenoxy) is 1. The highest BCUT2D eigenvalue weighted by molar-refractivity contribution is 5.82. The Morgan fingerprint density at radius 3 is 2.72 bits per heavy atom. The van der Waals surface area contributed by atoms with Gasteiger partial charge in [0, 0.05) is 17.3 Å². The number of hydrogen-bond acceptors (Lipinski definition) is 3. The van der Waals surface area contributed by atoms with Crippen molar-refractivity contribution in [3.05, 3.63) is 47.7 Å². The van der Waals surface area contributed by atoms with E-state index in [2.05, 4.69) is 23.7 Å². The van der Waals surface area contributed by atoms with Crippen LogP contribution in [-0.2, 0) is 9.53 Å². The molecule has 0 aliphatic carbocycles. The summed E-state index contributed by atoms with van der Waals surface area (Å²) in [4.78, 5) is 11.0. The first-order valence-corrected chi connectivity index (χ1v) is 5.33. The molecule has 0 saturated heterocycles. The van der Waals surface area contributed by atoms with E-state index < -0.39 is 5.97 Å². The van der Waals surface area contributed by atoms with Gasteiger partial charge in [0.2, 0.25) is 0 Å². The molecule has 90 valence electrons. The highest BCUT2D eigenvalue weighted by Crippen LogP contribution is 1.94. The average Bonchev–Trinajstić information content (AvgIpc) is 2.34. The molecule has 0 radical (unpaired) electrons. The summed E-state index contributed by atoms with van der Waals surface area (Å²) in [5, 5.41) is 0. The topological polar surface area (TPSA) is 52.3 Å². The largest absolute Gasteiger partial charge is 0.449 e. The molecule has 3 heteroatoms. The van der Waals surface area contributed by atoms with Crippen LogP contribution in [0.5, 0.6) is 0 Å². The summed E-state index contributed by atoms with van der Waals surface area (Å²) in [5.41, 5.74) is 6.61. The third-order valence-electron chi connectivity index (χ3n) is 1.76. The standard InChI is InChI=1S/C15H13NO2/c1-13(16)12-15(17)18-11-7-3-6-10-14-8-4-2-5-9-14/h2,4-5,8-9,12H,11,16H2,1H3/b13-12-. The van der Waals surface area contributed by atoms with Gasteiger partial charge in [-0.25, -0.2) is 4.79 Å². The number of carbonyl (C=O) groups excluding carboxylic acids is 1. The van der Waals surface area contributed by atoms with Gasteiger partial charge in [0.15, 0.2) is 6.61 Å². The Morgan fingerprint density at radius 1 is 1.33 bits per heavy atom. The van der Waals surface area contributed by atoms with Crippen molar-refractivity contribution in [3.8, 4) is 23.7 Å². The minimum atomic E-state index is -0.500. The van der Waals surface area contributed by atoms with Gasteiger partial charge in [0.05, 0.1) is 0 Å². The molecule has 0 amide bonds. The van der Waals surface area contributed by atoms with Crippen molar-refractivity contribution in [1.29, 1.82) is 0 Å². The first-order chi connectivity index (χ1) is 8.68. The molecule has 0 spiro atoms. The van der Waals surface area contributed by atoms with Crippen LogP contribution in [0.15, 0.2) is 42.1 Å². The lowest BCUT2D eigenvalue weighted by Gasteiger charge is -1.94. The van der Waals surface area contributed by atoms with E-state index in [-0.39, 0.29) is 6.61 Å². The number of benzene rings is 1. The molecule has 1 rings (SSSR count). The van der Waals surface area contributed by atoms with E-state index in [0.29, 0.717) is 5.70 Å². The lowest BCUT2D eigenvalue weighted by atomic mass is 10.2. The molecule has 1 aromatic carbocycles. The van der Waals surface area contributed by atoms with Gasteiger partial charge < -0.3 is 10.5 Å². The Labute approximate surface area is 107 Å².